The molecule has 0 N–H and O–H groups in total. The van der Waals surface area contributed by atoms with Crippen molar-refractivity contribution in [3.63, 3.8) is 0 Å². The van der Waals surface area contributed by atoms with Gasteiger partial charge in [-0.05, 0) is 18.8 Å². The maximum absolute atomic E-state index is 10.8. The zero-order chi connectivity index (χ0) is 16.1. The second kappa shape index (κ2) is 15.4. The number of hydrogen-bond acceptors (Lipinski definition) is 4. The topological polar surface area (TPSA) is 66.4 Å². The van der Waals surface area contributed by atoms with Crippen molar-refractivity contribution in [3.05, 3.63) is 0 Å². The molecule has 0 amide bonds. The molecule has 0 aliphatic carbocycles. The molecular formula is C16H33NaO4S. The Kier molecular flexibility index (Phi) is 17.6. The molecule has 4 nitrogen and oxygen atoms in total. The maximum Gasteiger partial charge on any atom is 1.00 e. The molecule has 0 heterocycles. The molecule has 0 radical (unpaired) electrons. The zero-order valence-corrected chi connectivity index (χ0v) is 17.8. The molecule has 0 aromatic rings. The molecule has 0 bridgehead atoms. The van der Waals surface area contributed by atoms with Gasteiger partial charge in [-0.2, -0.15) is 0 Å². The van der Waals surface area contributed by atoms with Gasteiger partial charge in [0.15, 0.2) is 0 Å². The fourth-order valence-electron chi connectivity index (χ4n) is 2.59. The van der Waals surface area contributed by atoms with Crippen molar-refractivity contribution in [2.75, 3.05) is 0 Å². The van der Waals surface area contributed by atoms with Crippen LogP contribution in [0.5, 0.6) is 0 Å². The largest absolute Gasteiger partial charge is 1.00 e. The fourth-order valence-corrected chi connectivity index (χ4v) is 3.18. The van der Waals surface area contributed by atoms with E-state index in [4.69, 9.17) is 4.18 Å². The van der Waals surface area contributed by atoms with Crippen molar-refractivity contribution in [2.24, 2.45) is 5.92 Å². The first-order valence-electron chi connectivity index (χ1n) is 8.54. The van der Waals surface area contributed by atoms with Crippen LogP contribution in [0.3, 0.4) is 0 Å². The van der Waals surface area contributed by atoms with E-state index in [1.165, 1.54) is 32.1 Å². The predicted octanol–water partition coefficient (Wildman–Crippen LogP) is 1.80. The summed E-state index contributed by atoms with van der Waals surface area (Å²) in [5, 5.41) is 0. The van der Waals surface area contributed by atoms with Crippen molar-refractivity contribution in [1.82, 2.24) is 0 Å². The molecule has 6 heteroatoms. The summed E-state index contributed by atoms with van der Waals surface area (Å²) in [7, 11) is -4.60. The van der Waals surface area contributed by atoms with E-state index in [1.807, 2.05) is 6.92 Å². The third-order valence-electron chi connectivity index (χ3n) is 3.98. The molecule has 0 fully saturated rings. The van der Waals surface area contributed by atoms with Crippen LogP contribution in [0.1, 0.15) is 91.4 Å². The molecule has 0 spiro atoms. The van der Waals surface area contributed by atoms with E-state index >= 15 is 0 Å². The van der Waals surface area contributed by atoms with Crippen LogP contribution in [0, 0.1) is 5.92 Å². The van der Waals surface area contributed by atoms with E-state index in [0.717, 1.165) is 32.1 Å². The van der Waals surface area contributed by atoms with Gasteiger partial charge >= 0.3 is 29.6 Å². The molecule has 0 rings (SSSR count). The summed E-state index contributed by atoms with van der Waals surface area (Å²) in [6, 6.07) is 0. The van der Waals surface area contributed by atoms with Gasteiger partial charge in [0.1, 0.15) is 0 Å². The monoisotopic (exact) mass is 344 g/mol. The van der Waals surface area contributed by atoms with Crippen molar-refractivity contribution in [2.45, 2.75) is 97.5 Å². The minimum Gasteiger partial charge on any atom is -0.726 e. The van der Waals surface area contributed by atoms with Gasteiger partial charge in [-0.25, -0.2) is 8.42 Å². The zero-order valence-electron chi connectivity index (χ0n) is 15.0. The van der Waals surface area contributed by atoms with E-state index in [2.05, 4.69) is 13.8 Å². The third-order valence-corrected chi connectivity index (χ3v) is 4.46. The van der Waals surface area contributed by atoms with E-state index < -0.39 is 16.5 Å². The second-order valence-corrected chi connectivity index (χ2v) is 7.08. The normalized spacial score (nSPS) is 14.4. The van der Waals surface area contributed by atoms with Crippen molar-refractivity contribution in [1.29, 1.82) is 0 Å². The quantitative estimate of drug-likeness (QED) is 0.209. The van der Waals surface area contributed by atoms with Gasteiger partial charge in [0.2, 0.25) is 10.4 Å². The van der Waals surface area contributed by atoms with Crippen LogP contribution >= 0.6 is 0 Å². The van der Waals surface area contributed by atoms with Gasteiger partial charge in [0, 0.05) is 0 Å². The minimum atomic E-state index is -4.60. The summed E-state index contributed by atoms with van der Waals surface area (Å²) in [4.78, 5) is 0. The Balaban J connectivity index is 0. The predicted molar refractivity (Wildman–Crippen MR) is 85.9 cm³/mol. The van der Waals surface area contributed by atoms with Crippen molar-refractivity contribution >= 4 is 10.4 Å². The van der Waals surface area contributed by atoms with Crippen molar-refractivity contribution < 1.29 is 46.7 Å². The van der Waals surface area contributed by atoms with E-state index in [-0.39, 0.29) is 35.5 Å². The molecule has 2 unspecified atom stereocenters. The minimum absolute atomic E-state index is 0. The summed E-state index contributed by atoms with van der Waals surface area (Å²) in [6.07, 6.45) is 11.5. The molecule has 0 saturated carbocycles. The fraction of sp³-hybridized carbons (Fsp3) is 1.00. The first kappa shape index (κ1) is 25.1. The molecule has 0 aromatic carbocycles. The number of hydrogen-bond donors (Lipinski definition) is 0. The van der Waals surface area contributed by atoms with Crippen LogP contribution < -0.4 is 29.6 Å². The Labute approximate surface area is 160 Å². The number of rotatable bonds is 14. The Morgan fingerprint density at radius 1 is 0.864 bits per heavy atom. The summed E-state index contributed by atoms with van der Waals surface area (Å²) in [5.74, 6) is 0.119. The maximum atomic E-state index is 10.8. The average molecular weight is 344 g/mol. The van der Waals surface area contributed by atoms with E-state index in [9.17, 15) is 13.0 Å². The van der Waals surface area contributed by atoms with Gasteiger partial charge in [-0.3, -0.25) is 4.18 Å². The average Bonchev–Trinajstić information content (AvgIpc) is 2.41. The summed E-state index contributed by atoms with van der Waals surface area (Å²) in [5.41, 5.74) is 0. The van der Waals surface area contributed by atoms with Gasteiger partial charge in [-0.15, -0.1) is 0 Å². The van der Waals surface area contributed by atoms with Gasteiger partial charge < -0.3 is 4.55 Å². The van der Waals surface area contributed by atoms with Gasteiger partial charge in [0.25, 0.3) is 0 Å². The Hall–Kier alpha value is 0.870. The summed E-state index contributed by atoms with van der Waals surface area (Å²) < 4.78 is 37.3. The van der Waals surface area contributed by atoms with Crippen LogP contribution in [0.4, 0.5) is 0 Å². The van der Waals surface area contributed by atoms with Crippen LogP contribution in [0.25, 0.3) is 0 Å². The van der Waals surface area contributed by atoms with Gasteiger partial charge in [0.05, 0.1) is 6.10 Å². The van der Waals surface area contributed by atoms with Crippen LogP contribution in [-0.4, -0.2) is 19.1 Å². The molecule has 0 aliphatic rings. The van der Waals surface area contributed by atoms with Crippen LogP contribution in [-0.2, 0) is 14.6 Å². The van der Waals surface area contributed by atoms with Gasteiger partial charge in [-0.1, -0.05) is 78.6 Å². The molecule has 128 valence electrons. The SMILES string of the molecule is CCCCCCCCCC(OS(=O)(=O)[O-])C(C)CCCC.[Na+]. The first-order chi connectivity index (χ1) is 9.90. The molecule has 22 heavy (non-hydrogen) atoms. The molecule has 0 aliphatic heterocycles. The van der Waals surface area contributed by atoms with Crippen LogP contribution in [0.15, 0.2) is 0 Å². The Morgan fingerprint density at radius 2 is 1.36 bits per heavy atom. The third kappa shape index (κ3) is 15.8. The summed E-state index contributed by atoms with van der Waals surface area (Å²) >= 11 is 0. The smallest absolute Gasteiger partial charge is 0.726 e. The molecule has 0 saturated heterocycles. The molecule has 2 atom stereocenters. The van der Waals surface area contributed by atoms with E-state index in [1.54, 1.807) is 0 Å². The Bertz CT molecular complexity index is 333. The second-order valence-electron chi connectivity index (χ2n) is 6.07. The standard InChI is InChI=1S/C16H34O4S.Na/c1-4-6-8-9-10-11-12-14-16(20-21(17,18)19)15(3)13-7-5-2;/h15-16H,4-14H2,1-3H3,(H,17,18,19);/q;+1/p-1. The molecular weight excluding hydrogens is 311 g/mol. The first-order valence-corrected chi connectivity index (χ1v) is 9.88. The van der Waals surface area contributed by atoms with Crippen molar-refractivity contribution in [3.8, 4) is 0 Å². The Morgan fingerprint density at radius 3 is 1.86 bits per heavy atom. The van der Waals surface area contributed by atoms with E-state index in [0.29, 0.717) is 6.42 Å². The number of unbranched alkanes of at least 4 members (excludes halogenated alkanes) is 7. The van der Waals surface area contributed by atoms with Crippen LogP contribution in [0.2, 0.25) is 0 Å². The molecule has 0 aromatic heterocycles. The summed E-state index contributed by atoms with van der Waals surface area (Å²) in [6.45, 7) is 6.28.